The van der Waals surface area contributed by atoms with Gasteiger partial charge in [-0.15, -0.1) is 0 Å². The second-order valence-corrected chi connectivity index (χ2v) is 3.92. The van der Waals surface area contributed by atoms with Gasteiger partial charge in [-0.1, -0.05) is 32.0 Å². The van der Waals surface area contributed by atoms with Crippen molar-refractivity contribution in [3.05, 3.63) is 35.6 Å². The maximum atomic E-state index is 13.4. The van der Waals surface area contributed by atoms with Gasteiger partial charge in [0.25, 0.3) is 0 Å². The highest BCUT2D eigenvalue weighted by Gasteiger charge is 2.18. The molecule has 4 heteroatoms. The van der Waals surface area contributed by atoms with Gasteiger partial charge in [-0.3, -0.25) is 4.79 Å². The smallest absolute Gasteiger partial charge is 0.223 e. The maximum absolute atomic E-state index is 13.4. The highest BCUT2D eigenvalue weighted by molar-refractivity contribution is 5.78. The number of hydrogen-bond acceptors (Lipinski definition) is 2. The molecule has 1 aromatic carbocycles. The van der Waals surface area contributed by atoms with Crippen LogP contribution in [0.5, 0.6) is 0 Å². The van der Waals surface area contributed by atoms with Crippen LogP contribution < -0.4 is 5.32 Å². The third-order valence-electron chi connectivity index (χ3n) is 2.30. The zero-order valence-electron chi connectivity index (χ0n) is 9.40. The number of aliphatic hydroxyl groups excluding tert-OH is 1. The van der Waals surface area contributed by atoms with E-state index in [9.17, 15) is 9.18 Å². The Morgan fingerprint density at radius 3 is 2.56 bits per heavy atom. The summed E-state index contributed by atoms with van der Waals surface area (Å²) in [5.41, 5.74) is 0.305. The van der Waals surface area contributed by atoms with E-state index in [-0.39, 0.29) is 18.4 Å². The van der Waals surface area contributed by atoms with Crippen LogP contribution in [0.4, 0.5) is 4.39 Å². The summed E-state index contributed by atoms with van der Waals surface area (Å²) in [6.45, 7) is 3.16. The summed E-state index contributed by atoms with van der Waals surface area (Å²) in [6.07, 6.45) is 0. The molecule has 0 aliphatic heterocycles. The summed E-state index contributed by atoms with van der Waals surface area (Å²) < 4.78 is 13.4. The van der Waals surface area contributed by atoms with E-state index in [4.69, 9.17) is 5.11 Å². The number of carbonyl (C=O) groups excluding carboxylic acids is 1. The molecule has 0 saturated heterocycles. The van der Waals surface area contributed by atoms with Crippen molar-refractivity contribution in [1.29, 1.82) is 0 Å². The Balaban J connectivity index is 2.83. The van der Waals surface area contributed by atoms with Crippen molar-refractivity contribution in [1.82, 2.24) is 5.32 Å². The number of aliphatic hydroxyl groups is 1. The monoisotopic (exact) mass is 225 g/mol. The van der Waals surface area contributed by atoms with Gasteiger partial charge in [0.1, 0.15) is 5.82 Å². The second kappa shape index (κ2) is 5.61. The topological polar surface area (TPSA) is 49.3 Å². The number of carbonyl (C=O) groups is 1. The minimum Gasteiger partial charge on any atom is -0.394 e. The molecule has 0 saturated carbocycles. The van der Waals surface area contributed by atoms with Crippen LogP contribution in [0.3, 0.4) is 0 Å². The Morgan fingerprint density at radius 1 is 1.44 bits per heavy atom. The first-order valence-electron chi connectivity index (χ1n) is 5.22. The predicted molar refractivity (Wildman–Crippen MR) is 59.2 cm³/mol. The Kier molecular flexibility index (Phi) is 4.43. The van der Waals surface area contributed by atoms with Crippen molar-refractivity contribution in [2.75, 3.05) is 6.61 Å². The van der Waals surface area contributed by atoms with E-state index in [1.165, 1.54) is 6.07 Å². The van der Waals surface area contributed by atoms with Crippen molar-refractivity contribution in [2.24, 2.45) is 5.92 Å². The first-order valence-corrected chi connectivity index (χ1v) is 5.22. The van der Waals surface area contributed by atoms with E-state index in [0.717, 1.165) is 0 Å². The molecule has 16 heavy (non-hydrogen) atoms. The summed E-state index contributed by atoms with van der Waals surface area (Å²) in [4.78, 5) is 11.5. The highest BCUT2D eigenvalue weighted by atomic mass is 19.1. The van der Waals surface area contributed by atoms with Crippen LogP contribution in [0.25, 0.3) is 0 Å². The molecule has 1 atom stereocenters. The van der Waals surface area contributed by atoms with Gasteiger partial charge in [0, 0.05) is 11.5 Å². The van der Waals surface area contributed by atoms with Crippen LogP contribution in [0.1, 0.15) is 25.5 Å². The van der Waals surface area contributed by atoms with Gasteiger partial charge in [-0.2, -0.15) is 0 Å². The summed E-state index contributed by atoms with van der Waals surface area (Å²) in [5.74, 6) is -0.825. The third-order valence-corrected chi connectivity index (χ3v) is 2.30. The Morgan fingerprint density at radius 2 is 2.06 bits per heavy atom. The minimum atomic E-state index is -0.684. The van der Waals surface area contributed by atoms with Crippen LogP contribution >= 0.6 is 0 Å². The third kappa shape index (κ3) is 3.03. The van der Waals surface area contributed by atoms with Crippen molar-refractivity contribution in [3.8, 4) is 0 Å². The number of amides is 1. The molecule has 1 rings (SSSR count). The molecule has 1 aromatic rings. The number of nitrogens with one attached hydrogen (secondary N) is 1. The quantitative estimate of drug-likeness (QED) is 0.818. The lowest BCUT2D eigenvalue weighted by Gasteiger charge is -2.18. The number of halogens is 1. The van der Waals surface area contributed by atoms with Crippen molar-refractivity contribution >= 4 is 5.91 Å². The summed E-state index contributed by atoms with van der Waals surface area (Å²) in [7, 11) is 0. The highest BCUT2D eigenvalue weighted by Crippen LogP contribution is 2.16. The average molecular weight is 225 g/mol. The maximum Gasteiger partial charge on any atom is 0.223 e. The lowest BCUT2D eigenvalue weighted by molar-refractivity contribution is -0.125. The van der Waals surface area contributed by atoms with Crippen LogP contribution in [-0.4, -0.2) is 17.6 Å². The molecule has 0 fully saturated rings. The first kappa shape index (κ1) is 12.6. The lowest BCUT2D eigenvalue weighted by Crippen LogP contribution is -2.34. The van der Waals surface area contributed by atoms with Gasteiger partial charge in [0.05, 0.1) is 12.6 Å². The van der Waals surface area contributed by atoms with Gasteiger partial charge in [-0.25, -0.2) is 4.39 Å². The van der Waals surface area contributed by atoms with E-state index in [0.29, 0.717) is 5.56 Å². The van der Waals surface area contributed by atoms with Gasteiger partial charge < -0.3 is 10.4 Å². The van der Waals surface area contributed by atoms with Crippen LogP contribution in [0.15, 0.2) is 24.3 Å². The first-order chi connectivity index (χ1) is 7.56. The van der Waals surface area contributed by atoms with Crippen molar-refractivity contribution < 1.29 is 14.3 Å². The summed E-state index contributed by atoms with van der Waals surface area (Å²) >= 11 is 0. The number of rotatable bonds is 4. The zero-order valence-corrected chi connectivity index (χ0v) is 9.40. The van der Waals surface area contributed by atoms with Gasteiger partial charge >= 0.3 is 0 Å². The lowest BCUT2D eigenvalue weighted by atomic mass is 10.1. The predicted octanol–water partition coefficient (Wildman–Crippen LogP) is 1.63. The zero-order chi connectivity index (χ0) is 12.1. The molecular formula is C12H16FNO2. The molecule has 0 radical (unpaired) electrons. The molecule has 1 amide bonds. The number of hydrogen-bond donors (Lipinski definition) is 2. The van der Waals surface area contributed by atoms with E-state index in [1.807, 2.05) is 0 Å². The van der Waals surface area contributed by atoms with Crippen LogP contribution in [0, 0.1) is 11.7 Å². The van der Waals surface area contributed by atoms with E-state index >= 15 is 0 Å². The molecule has 0 heterocycles. The van der Waals surface area contributed by atoms with E-state index in [2.05, 4.69) is 5.32 Å². The fourth-order valence-electron chi connectivity index (χ4n) is 1.32. The molecule has 0 aliphatic rings. The molecule has 3 nitrogen and oxygen atoms in total. The largest absolute Gasteiger partial charge is 0.394 e. The SMILES string of the molecule is CC(C)C(=O)NC(CO)c1ccccc1F. The number of benzene rings is 1. The van der Waals surface area contributed by atoms with Gasteiger partial charge in [0.2, 0.25) is 5.91 Å². The molecule has 2 N–H and O–H groups in total. The molecule has 0 aliphatic carbocycles. The standard InChI is InChI=1S/C12H16FNO2/c1-8(2)12(16)14-11(7-15)9-5-3-4-6-10(9)13/h3-6,8,11,15H,7H2,1-2H3,(H,14,16). The van der Waals surface area contributed by atoms with Crippen LogP contribution in [-0.2, 0) is 4.79 Å². The Hall–Kier alpha value is -1.42. The molecule has 1 unspecified atom stereocenters. The van der Waals surface area contributed by atoms with E-state index in [1.54, 1.807) is 32.0 Å². The average Bonchev–Trinajstić information content (AvgIpc) is 2.26. The Bertz CT molecular complexity index is 366. The molecule has 0 bridgehead atoms. The molecule has 0 aromatic heterocycles. The molecule has 0 spiro atoms. The van der Waals surface area contributed by atoms with Crippen molar-refractivity contribution in [2.45, 2.75) is 19.9 Å². The van der Waals surface area contributed by atoms with Gasteiger partial charge in [0.15, 0.2) is 0 Å². The normalized spacial score (nSPS) is 12.6. The van der Waals surface area contributed by atoms with Crippen LogP contribution in [0.2, 0.25) is 0 Å². The fraction of sp³-hybridized carbons (Fsp3) is 0.417. The Labute approximate surface area is 94.3 Å². The second-order valence-electron chi connectivity index (χ2n) is 3.92. The summed E-state index contributed by atoms with van der Waals surface area (Å²) in [6, 6.07) is 5.41. The van der Waals surface area contributed by atoms with E-state index < -0.39 is 11.9 Å². The fourth-order valence-corrected chi connectivity index (χ4v) is 1.32. The molecule has 88 valence electrons. The summed E-state index contributed by atoms with van der Waals surface area (Å²) in [5, 5.41) is 11.7. The molecular weight excluding hydrogens is 209 g/mol. The minimum absolute atomic E-state index is 0.194. The van der Waals surface area contributed by atoms with Crippen molar-refractivity contribution in [3.63, 3.8) is 0 Å². The van der Waals surface area contributed by atoms with Gasteiger partial charge in [-0.05, 0) is 6.07 Å².